The maximum absolute atomic E-state index is 11.9. The van der Waals surface area contributed by atoms with Crippen molar-refractivity contribution in [1.82, 2.24) is 0 Å². The van der Waals surface area contributed by atoms with E-state index < -0.39 is 6.09 Å². The predicted octanol–water partition coefficient (Wildman–Crippen LogP) is 4.24. The molecule has 24 heavy (non-hydrogen) atoms. The van der Waals surface area contributed by atoms with Crippen molar-refractivity contribution >= 4 is 11.8 Å². The molecule has 1 aliphatic rings. The summed E-state index contributed by atoms with van der Waals surface area (Å²) in [7, 11) is 0. The van der Waals surface area contributed by atoms with Crippen molar-refractivity contribution in [2.45, 2.75) is 37.7 Å². The van der Waals surface area contributed by atoms with Gasteiger partial charge in [-0.15, -0.1) is 0 Å². The normalized spacial score (nSPS) is 15.9. The molecule has 3 rings (SSSR count). The molecule has 0 saturated heterocycles. The van der Waals surface area contributed by atoms with Gasteiger partial charge in [-0.25, -0.2) is 4.79 Å². The fourth-order valence-electron chi connectivity index (χ4n) is 3.37. The molecule has 0 spiro atoms. The van der Waals surface area contributed by atoms with E-state index in [4.69, 9.17) is 4.74 Å². The molecule has 126 valence electrons. The Morgan fingerprint density at radius 2 is 1.71 bits per heavy atom. The van der Waals surface area contributed by atoms with Crippen LogP contribution in [0.2, 0.25) is 0 Å². The van der Waals surface area contributed by atoms with Crippen LogP contribution in [-0.2, 0) is 16.8 Å². The predicted molar refractivity (Wildman–Crippen MR) is 93.9 cm³/mol. The van der Waals surface area contributed by atoms with E-state index in [0.717, 1.165) is 36.8 Å². The highest BCUT2D eigenvalue weighted by atomic mass is 16.5. The third kappa shape index (κ3) is 3.77. The molecule has 0 atom stereocenters. The molecule has 1 amide bonds. The van der Waals surface area contributed by atoms with Gasteiger partial charge in [0.2, 0.25) is 0 Å². The molecule has 0 bridgehead atoms. The SMILES string of the molecule is O=C(Nc1ccc(C2(CO)CCCC2)cc1)OCc1ccccc1. The molecule has 0 radical (unpaired) electrons. The molecular formula is C20H23NO3. The summed E-state index contributed by atoms with van der Waals surface area (Å²) in [6, 6.07) is 17.3. The zero-order chi connectivity index (χ0) is 16.8. The Balaban J connectivity index is 1.57. The standard InChI is InChI=1S/C20H23NO3/c22-15-20(12-4-5-13-20)17-8-10-18(11-9-17)21-19(23)24-14-16-6-2-1-3-7-16/h1-3,6-11,22H,4-5,12-15H2,(H,21,23). The monoisotopic (exact) mass is 325 g/mol. The van der Waals surface area contributed by atoms with Crippen LogP contribution in [0.4, 0.5) is 10.5 Å². The van der Waals surface area contributed by atoms with Crippen molar-refractivity contribution in [1.29, 1.82) is 0 Å². The van der Waals surface area contributed by atoms with E-state index in [2.05, 4.69) is 5.32 Å². The molecule has 4 heteroatoms. The molecule has 1 saturated carbocycles. The Hall–Kier alpha value is -2.33. The summed E-state index contributed by atoms with van der Waals surface area (Å²) in [6.45, 7) is 0.428. The van der Waals surface area contributed by atoms with Crippen LogP contribution in [0.3, 0.4) is 0 Å². The Morgan fingerprint density at radius 3 is 2.33 bits per heavy atom. The Kier molecular flexibility index (Phi) is 5.16. The molecule has 1 aliphatic carbocycles. The van der Waals surface area contributed by atoms with Crippen LogP contribution in [0, 0.1) is 0 Å². The zero-order valence-corrected chi connectivity index (χ0v) is 13.7. The Labute approximate surface area is 142 Å². The summed E-state index contributed by atoms with van der Waals surface area (Å²) in [4.78, 5) is 11.9. The average Bonchev–Trinajstić information content (AvgIpc) is 3.12. The maximum Gasteiger partial charge on any atom is 0.411 e. The highest BCUT2D eigenvalue weighted by molar-refractivity contribution is 5.84. The number of aliphatic hydroxyl groups excluding tert-OH is 1. The number of amides is 1. The minimum absolute atomic E-state index is 0.105. The van der Waals surface area contributed by atoms with Crippen LogP contribution in [0.5, 0.6) is 0 Å². The second kappa shape index (κ2) is 7.49. The van der Waals surface area contributed by atoms with Gasteiger partial charge < -0.3 is 9.84 Å². The van der Waals surface area contributed by atoms with Crippen molar-refractivity contribution in [2.75, 3.05) is 11.9 Å². The fraction of sp³-hybridized carbons (Fsp3) is 0.350. The van der Waals surface area contributed by atoms with Gasteiger partial charge in [0.25, 0.3) is 0 Å². The topological polar surface area (TPSA) is 58.6 Å². The maximum atomic E-state index is 11.9. The number of hydrogen-bond acceptors (Lipinski definition) is 3. The summed E-state index contributed by atoms with van der Waals surface area (Å²) in [6.07, 6.45) is 3.90. The van der Waals surface area contributed by atoms with E-state index in [1.807, 2.05) is 54.6 Å². The number of nitrogens with one attached hydrogen (secondary N) is 1. The van der Waals surface area contributed by atoms with Crippen molar-refractivity contribution in [2.24, 2.45) is 0 Å². The number of rotatable bonds is 5. The lowest BCUT2D eigenvalue weighted by molar-refractivity contribution is 0.155. The Morgan fingerprint density at radius 1 is 1.04 bits per heavy atom. The van der Waals surface area contributed by atoms with Crippen LogP contribution in [0.1, 0.15) is 36.8 Å². The van der Waals surface area contributed by atoms with E-state index in [9.17, 15) is 9.90 Å². The van der Waals surface area contributed by atoms with Gasteiger partial charge in [0.15, 0.2) is 0 Å². The second-order valence-corrected chi connectivity index (χ2v) is 6.41. The molecule has 1 fully saturated rings. The average molecular weight is 325 g/mol. The largest absolute Gasteiger partial charge is 0.444 e. The first-order valence-electron chi connectivity index (χ1n) is 8.41. The zero-order valence-electron chi connectivity index (χ0n) is 13.7. The molecule has 0 aromatic heterocycles. The number of carbonyl (C=O) groups is 1. The molecule has 2 aromatic rings. The van der Waals surface area contributed by atoms with Gasteiger partial charge >= 0.3 is 6.09 Å². The van der Waals surface area contributed by atoms with Gasteiger partial charge in [-0.2, -0.15) is 0 Å². The first-order valence-corrected chi connectivity index (χ1v) is 8.41. The molecule has 2 N–H and O–H groups in total. The van der Waals surface area contributed by atoms with Crippen molar-refractivity contribution in [3.8, 4) is 0 Å². The first-order chi connectivity index (χ1) is 11.7. The number of hydrogen-bond donors (Lipinski definition) is 2. The van der Waals surface area contributed by atoms with Crippen LogP contribution < -0.4 is 5.32 Å². The molecular weight excluding hydrogens is 302 g/mol. The lowest BCUT2D eigenvalue weighted by atomic mass is 9.80. The summed E-state index contributed by atoms with van der Waals surface area (Å²) in [5, 5.41) is 12.5. The minimum atomic E-state index is -0.468. The number of ether oxygens (including phenoxy) is 1. The van der Waals surface area contributed by atoms with Crippen LogP contribution in [-0.4, -0.2) is 17.8 Å². The fourth-order valence-corrected chi connectivity index (χ4v) is 3.37. The number of carbonyl (C=O) groups excluding carboxylic acids is 1. The van der Waals surface area contributed by atoms with Crippen molar-refractivity contribution < 1.29 is 14.6 Å². The van der Waals surface area contributed by atoms with Gasteiger partial charge in [0.1, 0.15) is 6.61 Å². The Bertz CT molecular complexity index is 661. The van der Waals surface area contributed by atoms with E-state index in [0.29, 0.717) is 5.69 Å². The summed E-state index contributed by atoms with van der Waals surface area (Å²) >= 11 is 0. The number of anilines is 1. The van der Waals surface area contributed by atoms with E-state index in [1.165, 1.54) is 0 Å². The van der Waals surface area contributed by atoms with Gasteiger partial charge in [-0.05, 0) is 36.1 Å². The second-order valence-electron chi connectivity index (χ2n) is 6.41. The van der Waals surface area contributed by atoms with Gasteiger partial charge in [0, 0.05) is 11.1 Å². The summed E-state index contributed by atoms with van der Waals surface area (Å²) in [5.41, 5.74) is 2.69. The lowest BCUT2D eigenvalue weighted by Gasteiger charge is -2.27. The van der Waals surface area contributed by atoms with Crippen molar-refractivity contribution in [3.63, 3.8) is 0 Å². The van der Waals surface area contributed by atoms with Crippen LogP contribution in [0.25, 0.3) is 0 Å². The van der Waals surface area contributed by atoms with E-state index in [-0.39, 0.29) is 18.6 Å². The molecule has 0 heterocycles. The highest BCUT2D eigenvalue weighted by Crippen LogP contribution is 2.40. The lowest BCUT2D eigenvalue weighted by Crippen LogP contribution is -2.26. The molecule has 2 aromatic carbocycles. The smallest absolute Gasteiger partial charge is 0.411 e. The molecule has 0 unspecified atom stereocenters. The van der Waals surface area contributed by atoms with Gasteiger partial charge in [-0.1, -0.05) is 55.3 Å². The van der Waals surface area contributed by atoms with E-state index >= 15 is 0 Å². The van der Waals surface area contributed by atoms with Crippen LogP contribution >= 0.6 is 0 Å². The summed E-state index contributed by atoms with van der Waals surface area (Å²) < 4.78 is 5.21. The number of aliphatic hydroxyl groups is 1. The highest BCUT2D eigenvalue weighted by Gasteiger charge is 2.34. The number of benzene rings is 2. The third-order valence-electron chi connectivity index (χ3n) is 4.82. The van der Waals surface area contributed by atoms with Gasteiger partial charge in [-0.3, -0.25) is 5.32 Å². The minimum Gasteiger partial charge on any atom is -0.444 e. The quantitative estimate of drug-likeness (QED) is 0.864. The molecule has 4 nitrogen and oxygen atoms in total. The van der Waals surface area contributed by atoms with Crippen molar-refractivity contribution in [3.05, 3.63) is 65.7 Å². The summed E-state index contributed by atoms with van der Waals surface area (Å²) in [5.74, 6) is 0. The van der Waals surface area contributed by atoms with Gasteiger partial charge in [0.05, 0.1) is 6.61 Å². The molecule has 0 aliphatic heterocycles. The van der Waals surface area contributed by atoms with Crippen LogP contribution in [0.15, 0.2) is 54.6 Å². The third-order valence-corrected chi connectivity index (χ3v) is 4.82. The van der Waals surface area contributed by atoms with E-state index in [1.54, 1.807) is 0 Å². The first kappa shape index (κ1) is 16.5.